The van der Waals surface area contributed by atoms with E-state index in [1.54, 1.807) is 19.1 Å². The molecule has 0 unspecified atom stereocenters. The van der Waals surface area contributed by atoms with Gasteiger partial charge in [0.15, 0.2) is 5.78 Å². The van der Waals surface area contributed by atoms with Crippen LogP contribution in [0.4, 0.5) is 4.79 Å². The average molecular weight is 363 g/mol. The predicted molar refractivity (Wildman–Crippen MR) is 100 cm³/mol. The molecule has 0 spiro atoms. The number of nitrogens with one attached hydrogen (secondary N) is 1. The van der Waals surface area contributed by atoms with Gasteiger partial charge in [0.2, 0.25) is 0 Å². The number of amides is 1. The van der Waals surface area contributed by atoms with Crippen LogP contribution in [0.1, 0.15) is 57.3 Å². The summed E-state index contributed by atoms with van der Waals surface area (Å²) in [5, 5.41) is 0. The lowest BCUT2D eigenvalue weighted by atomic mass is 10.1. The number of benzene rings is 1. The van der Waals surface area contributed by atoms with Gasteiger partial charge in [-0.25, -0.2) is 9.39 Å². The number of likely N-dealkylation sites (tertiary alicyclic amines) is 1. The molecule has 1 aromatic carbocycles. The summed E-state index contributed by atoms with van der Waals surface area (Å²) in [5.41, 5.74) is 3.23. The second kappa shape index (κ2) is 8.54. The molecule has 6 nitrogen and oxygen atoms in total. The van der Waals surface area contributed by atoms with E-state index in [9.17, 15) is 9.59 Å². The van der Waals surface area contributed by atoms with Gasteiger partial charge in [-0.2, -0.15) is 5.43 Å². The highest BCUT2D eigenvalue weighted by atomic mass is 16.6. The first kappa shape index (κ1) is 20.2. The maximum atomic E-state index is 12.2. The topological polar surface area (TPSA) is 64.6 Å². The van der Waals surface area contributed by atoms with Gasteiger partial charge in [0.1, 0.15) is 31.0 Å². The molecule has 1 heterocycles. The molecule has 1 aliphatic heterocycles. The molecule has 26 heavy (non-hydrogen) atoms. The molecule has 1 N–H and O–H groups in total. The Morgan fingerprint density at radius 3 is 2.27 bits per heavy atom. The van der Waals surface area contributed by atoms with Gasteiger partial charge >= 0.3 is 6.09 Å². The molecule has 1 amide bonds. The van der Waals surface area contributed by atoms with Crippen LogP contribution in [0.3, 0.4) is 0 Å². The molecule has 1 aromatic rings. The summed E-state index contributed by atoms with van der Waals surface area (Å²) in [6.07, 6.45) is 2.66. The Balaban J connectivity index is 1.81. The van der Waals surface area contributed by atoms with E-state index in [2.05, 4.69) is 5.43 Å². The lowest BCUT2D eigenvalue weighted by Crippen LogP contribution is -2.59. The van der Waals surface area contributed by atoms with Gasteiger partial charge in [-0.1, -0.05) is 0 Å². The average Bonchev–Trinajstić information content (AvgIpc) is 2.98. The van der Waals surface area contributed by atoms with Crippen molar-refractivity contribution in [1.82, 2.24) is 5.43 Å². The van der Waals surface area contributed by atoms with Crippen molar-refractivity contribution in [2.45, 2.75) is 52.6 Å². The smallest absolute Gasteiger partial charge is 0.452 e. The standard InChI is InChI=1S/C20H30N2O4/c1-16(23)17-8-10-18(11-9-17)25-15-7-14-22(12-5-6-13-22)21-19(24)26-20(2,3)4/h8-11H,5-7,12-15H2,1-4H3/p+1. The Bertz CT molecular complexity index is 614. The van der Waals surface area contributed by atoms with E-state index in [1.807, 2.05) is 32.9 Å². The zero-order chi connectivity index (χ0) is 19.2. The predicted octanol–water partition coefficient (Wildman–Crippen LogP) is 3.71. The van der Waals surface area contributed by atoms with Crippen molar-refractivity contribution >= 4 is 11.9 Å². The largest absolute Gasteiger partial charge is 0.493 e. The molecular weight excluding hydrogens is 332 g/mol. The quantitative estimate of drug-likeness (QED) is 0.456. The van der Waals surface area contributed by atoms with Crippen LogP contribution in [-0.2, 0) is 4.74 Å². The van der Waals surface area contributed by atoms with Gasteiger partial charge in [-0.05, 0) is 52.0 Å². The van der Waals surface area contributed by atoms with Crippen LogP contribution >= 0.6 is 0 Å². The molecule has 1 aliphatic rings. The summed E-state index contributed by atoms with van der Waals surface area (Å²) in [6.45, 7) is 10.4. The molecule has 144 valence electrons. The molecule has 0 aliphatic carbocycles. The highest BCUT2D eigenvalue weighted by Crippen LogP contribution is 2.19. The summed E-state index contributed by atoms with van der Waals surface area (Å²) in [7, 11) is 0. The summed E-state index contributed by atoms with van der Waals surface area (Å²) in [4.78, 5) is 23.4. The number of quaternary nitrogens is 1. The van der Waals surface area contributed by atoms with Gasteiger partial charge in [0.05, 0.1) is 6.61 Å². The summed E-state index contributed by atoms with van der Waals surface area (Å²) in [5.74, 6) is 0.799. The van der Waals surface area contributed by atoms with E-state index >= 15 is 0 Å². The molecule has 1 fully saturated rings. The van der Waals surface area contributed by atoms with Crippen LogP contribution in [-0.4, -0.2) is 48.3 Å². The van der Waals surface area contributed by atoms with Crippen LogP contribution in [0.2, 0.25) is 0 Å². The van der Waals surface area contributed by atoms with Crippen LogP contribution in [0, 0.1) is 0 Å². The number of carbonyl (C=O) groups is 2. The Kier molecular flexibility index (Phi) is 6.64. The van der Waals surface area contributed by atoms with E-state index in [4.69, 9.17) is 9.47 Å². The molecule has 2 rings (SSSR count). The first-order valence-electron chi connectivity index (χ1n) is 9.30. The van der Waals surface area contributed by atoms with Gasteiger partial charge < -0.3 is 9.47 Å². The number of rotatable bonds is 7. The fourth-order valence-corrected chi connectivity index (χ4v) is 3.17. The third-order valence-corrected chi connectivity index (χ3v) is 4.41. The van der Waals surface area contributed by atoms with E-state index < -0.39 is 5.60 Å². The molecular formula is C20H31N2O4+. The maximum Gasteiger partial charge on any atom is 0.452 e. The first-order valence-corrected chi connectivity index (χ1v) is 9.30. The molecule has 1 saturated heterocycles. The SMILES string of the molecule is CC(=O)c1ccc(OCCC[N+]2(NC(=O)OC(C)(C)C)CCCC2)cc1. The number of hydrogen-bond acceptors (Lipinski definition) is 4. The van der Waals surface area contributed by atoms with Crippen molar-refractivity contribution in [2.75, 3.05) is 26.2 Å². The van der Waals surface area contributed by atoms with E-state index in [0.717, 1.165) is 44.6 Å². The lowest BCUT2D eigenvalue weighted by molar-refractivity contribution is -0.951. The number of Topliss-reactive ketones (excluding diaryl/α,β-unsaturated/α-hetero) is 1. The van der Waals surface area contributed by atoms with E-state index in [0.29, 0.717) is 16.8 Å². The van der Waals surface area contributed by atoms with Crippen molar-refractivity contribution in [3.8, 4) is 5.75 Å². The van der Waals surface area contributed by atoms with Crippen LogP contribution < -0.4 is 10.2 Å². The van der Waals surface area contributed by atoms with Crippen LogP contribution in [0.15, 0.2) is 24.3 Å². The minimum atomic E-state index is -0.497. The first-order chi connectivity index (χ1) is 12.2. The summed E-state index contributed by atoms with van der Waals surface area (Å²) in [6, 6.07) is 7.18. The molecule has 0 atom stereocenters. The monoisotopic (exact) mass is 363 g/mol. The van der Waals surface area contributed by atoms with Crippen molar-refractivity contribution in [1.29, 1.82) is 0 Å². The van der Waals surface area contributed by atoms with Crippen LogP contribution in [0.5, 0.6) is 5.75 Å². The van der Waals surface area contributed by atoms with Crippen LogP contribution in [0.25, 0.3) is 0 Å². The minimum absolute atomic E-state index is 0.0465. The third-order valence-electron chi connectivity index (χ3n) is 4.41. The van der Waals surface area contributed by atoms with Crippen molar-refractivity contribution in [3.63, 3.8) is 0 Å². The van der Waals surface area contributed by atoms with Gasteiger partial charge in [0.25, 0.3) is 0 Å². The van der Waals surface area contributed by atoms with Crippen molar-refractivity contribution in [3.05, 3.63) is 29.8 Å². The number of ether oxygens (including phenoxy) is 2. The van der Waals surface area contributed by atoms with Crippen molar-refractivity contribution < 1.29 is 23.7 Å². The number of hydrogen-bond donors (Lipinski definition) is 1. The second-order valence-electron chi connectivity index (χ2n) is 7.92. The van der Waals surface area contributed by atoms with Gasteiger partial charge in [0, 0.05) is 24.8 Å². The second-order valence-corrected chi connectivity index (χ2v) is 7.92. The van der Waals surface area contributed by atoms with E-state index in [1.165, 1.54) is 0 Å². The maximum absolute atomic E-state index is 12.2. The Morgan fingerprint density at radius 1 is 1.12 bits per heavy atom. The minimum Gasteiger partial charge on any atom is -0.493 e. The summed E-state index contributed by atoms with van der Waals surface area (Å²) < 4.78 is 11.7. The number of nitrogens with zero attached hydrogens (tertiary/aromatic N) is 1. The highest BCUT2D eigenvalue weighted by Gasteiger charge is 2.35. The van der Waals surface area contributed by atoms with Gasteiger partial charge in [-0.15, -0.1) is 0 Å². The molecule has 0 radical (unpaired) electrons. The Hall–Kier alpha value is -2.08. The van der Waals surface area contributed by atoms with Crippen molar-refractivity contribution in [2.24, 2.45) is 0 Å². The fraction of sp³-hybridized carbons (Fsp3) is 0.600. The normalized spacial score (nSPS) is 16.2. The molecule has 0 saturated carbocycles. The zero-order valence-corrected chi connectivity index (χ0v) is 16.3. The summed E-state index contributed by atoms with van der Waals surface area (Å²) >= 11 is 0. The highest BCUT2D eigenvalue weighted by molar-refractivity contribution is 5.94. The number of carbonyl (C=O) groups excluding carboxylic acids is 2. The Morgan fingerprint density at radius 2 is 1.73 bits per heavy atom. The lowest BCUT2D eigenvalue weighted by Gasteiger charge is -2.34. The fourth-order valence-electron chi connectivity index (χ4n) is 3.17. The zero-order valence-electron chi connectivity index (χ0n) is 16.3. The third kappa shape index (κ3) is 6.33. The molecule has 6 heteroatoms. The van der Waals surface area contributed by atoms with E-state index in [-0.39, 0.29) is 11.9 Å². The van der Waals surface area contributed by atoms with Gasteiger partial charge in [-0.3, -0.25) is 4.79 Å². The Labute approximate surface area is 156 Å². The number of ketones is 1. The molecule has 0 aromatic heterocycles. The molecule has 0 bridgehead atoms.